The Morgan fingerprint density at radius 2 is 1.57 bits per heavy atom. The average Bonchev–Trinajstić information content (AvgIpc) is 3.08. The standard InChI is InChI=1S/C25H21Cl3N2O4S/c1-25(2,3)23(31)22-21(30-35(4,32)33)18-12-17(13-5-7-14(26)8-6-13)20(29-24(18)34-22)16-10-9-15(27)11-19(16)28/h5-12,30H,1-4H3. The normalized spacial score (nSPS) is 12.2. The lowest BCUT2D eigenvalue weighted by Gasteiger charge is -2.15. The number of carbonyl (C=O) groups is 1. The van der Waals surface area contributed by atoms with Crippen LogP contribution in [0.2, 0.25) is 15.1 Å². The van der Waals surface area contributed by atoms with Crippen molar-refractivity contribution in [3.63, 3.8) is 0 Å². The Kier molecular flexibility index (Phi) is 6.66. The van der Waals surface area contributed by atoms with E-state index in [9.17, 15) is 13.2 Å². The SMILES string of the molecule is CC(C)(C)C(=O)c1oc2nc(-c3ccc(Cl)cc3Cl)c(-c3ccc(Cl)cc3)cc2c1NS(C)(=O)=O. The van der Waals surface area contributed by atoms with Gasteiger partial charge in [-0.3, -0.25) is 9.52 Å². The lowest BCUT2D eigenvalue weighted by atomic mass is 9.89. The van der Waals surface area contributed by atoms with Crippen LogP contribution in [-0.2, 0) is 10.0 Å². The summed E-state index contributed by atoms with van der Waals surface area (Å²) in [6.07, 6.45) is 1.01. The number of aromatic nitrogens is 1. The Bertz CT molecular complexity index is 1570. The molecule has 0 amide bonds. The van der Waals surface area contributed by atoms with E-state index in [2.05, 4.69) is 4.72 Å². The van der Waals surface area contributed by atoms with E-state index in [1.807, 2.05) is 12.1 Å². The second kappa shape index (κ2) is 9.13. The largest absolute Gasteiger partial charge is 0.432 e. The molecule has 35 heavy (non-hydrogen) atoms. The number of Topliss-reactive ketones (excluding diaryl/α,β-unsaturated/α-hetero) is 1. The molecular weight excluding hydrogens is 531 g/mol. The number of rotatable bonds is 5. The van der Waals surface area contributed by atoms with Crippen LogP contribution < -0.4 is 4.72 Å². The number of hydrogen-bond acceptors (Lipinski definition) is 5. The number of halogens is 3. The summed E-state index contributed by atoms with van der Waals surface area (Å²) in [6, 6.07) is 13.8. The number of benzene rings is 2. The maximum absolute atomic E-state index is 13.2. The minimum atomic E-state index is -3.74. The molecule has 4 aromatic rings. The molecule has 0 aliphatic carbocycles. The van der Waals surface area contributed by atoms with Gasteiger partial charge in [-0.1, -0.05) is 67.7 Å². The second-order valence-electron chi connectivity index (χ2n) is 9.13. The van der Waals surface area contributed by atoms with Crippen molar-refractivity contribution < 1.29 is 17.6 Å². The van der Waals surface area contributed by atoms with E-state index in [0.717, 1.165) is 11.8 Å². The first-order valence-corrected chi connectivity index (χ1v) is 13.5. The number of sulfonamides is 1. The van der Waals surface area contributed by atoms with Crippen LogP contribution >= 0.6 is 34.8 Å². The van der Waals surface area contributed by atoms with Gasteiger partial charge in [0.25, 0.3) is 0 Å². The molecule has 1 N–H and O–H groups in total. The highest BCUT2D eigenvalue weighted by Gasteiger charge is 2.32. The van der Waals surface area contributed by atoms with E-state index >= 15 is 0 Å². The van der Waals surface area contributed by atoms with Crippen LogP contribution in [0.15, 0.2) is 52.9 Å². The summed E-state index contributed by atoms with van der Waals surface area (Å²) >= 11 is 18.7. The summed E-state index contributed by atoms with van der Waals surface area (Å²) in [5.74, 6) is -0.493. The van der Waals surface area contributed by atoms with Crippen molar-refractivity contribution in [2.45, 2.75) is 20.8 Å². The van der Waals surface area contributed by atoms with E-state index in [0.29, 0.717) is 37.3 Å². The molecule has 2 aromatic heterocycles. The highest BCUT2D eigenvalue weighted by atomic mass is 35.5. The van der Waals surface area contributed by atoms with Crippen molar-refractivity contribution >= 4 is 67.4 Å². The zero-order chi connectivity index (χ0) is 25.7. The van der Waals surface area contributed by atoms with Crippen molar-refractivity contribution in [2.24, 2.45) is 5.41 Å². The first-order chi connectivity index (χ1) is 16.2. The van der Waals surface area contributed by atoms with Crippen molar-refractivity contribution in [3.8, 4) is 22.4 Å². The Balaban J connectivity index is 2.10. The van der Waals surface area contributed by atoms with E-state index < -0.39 is 15.4 Å². The molecular formula is C25H21Cl3N2O4S. The number of fused-ring (bicyclic) bond motifs is 1. The molecule has 2 aromatic carbocycles. The third-order valence-corrected chi connectivity index (χ3v) is 6.57. The van der Waals surface area contributed by atoms with Gasteiger partial charge in [0.15, 0.2) is 5.76 Å². The molecule has 0 fully saturated rings. The molecule has 0 spiro atoms. The molecule has 0 atom stereocenters. The molecule has 10 heteroatoms. The fourth-order valence-electron chi connectivity index (χ4n) is 3.55. The van der Waals surface area contributed by atoms with Crippen LogP contribution in [0.25, 0.3) is 33.5 Å². The summed E-state index contributed by atoms with van der Waals surface area (Å²) in [4.78, 5) is 17.9. The molecule has 0 aliphatic heterocycles. The number of furan rings is 1. The van der Waals surface area contributed by atoms with Crippen LogP contribution in [0.3, 0.4) is 0 Å². The fraction of sp³-hybridized carbons (Fsp3) is 0.200. The van der Waals surface area contributed by atoms with Gasteiger partial charge in [0, 0.05) is 26.6 Å². The average molecular weight is 552 g/mol. The van der Waals surface area contributed by atoms with Crippen LogP contribution in [0.5, 0.6) is 0 Å². The van der Waals surface area contributed by atoms with Crippen LogP contribution in [0, 0.1) is 5.41 Å². The van der Waals surface area contributed by atoms with Crippen molar-refractivity contribution in [2.75, 3.05) is 11.0 Å². The Hall–Kier alpha value is -2.58. The zero-order valence-corrected chi connectivity index (χ0v) is 22.3. The quantitative estimate of drug-likeness (QED) is 0.256. The Labute approximate surface area is 218 Å². The van der Waals surface area contributed by atoms with Crippen molar-refractivity contribution in [1.82, 2.24) is 4.98 Å². The van der Waals surface area contributed by atoms with Gasteiger partial charge in [-0.15, -0.1) is 0 Å². The predicted octanol–water partition coefficient (Wildman–Crippen LogP) is 7.72. The van der Waals surface area contributed by atoms with Gasteiger partial charge in [0.1, 0.15) is 5.69 Å². The van der Waals surface area contributed by atoms with Crippen molar-refractivity contribution in [3.05, 3.63) is 69.4 Å². The maximum Gasteiger partial charge on any atom is 0.229 e. The second-order valence-corrected chi connectivity index (χ2v) is 12.2. The Morgan fingerprint density at radius 3 is 2.14 bits per heavy atom. The maximum atomic E-state index is 13.2. The lowest BCUT2D eigenvalue weighted by molar-refractivity contribution is 0.0832. The Morgan fingerprint density at radius 1 is 0.943 bits per heavy atom. The monoisotopic (exact) mass is 550 g/mol. The molecule has 182 valence electrons. The van der Waals surface area contributed by atoms with Gasteiger partial charge in [-0.2, -0.15) is 0 Å². The predicted molar refractivity (Wildman–Crippen MR) is 142 cm³/mol. The summed E-state index contributed by atoms with van der Waals surface area (Å²) < 4.78 is 32.7. The van der Waals surface area contributed by atoms with Gasteiger partial charge in [-0.05, 0) is 42.0 Å². The molecule has 0 bridgehead atoms. The third kappa shape index (κ3) is 5.33. The van der Waals surface area contributed by atoms with Crippen LogP contribution in [-0.4, -0.2) is 25.4 Å². The number of ketones is 1. The smallest absolute Gasteiger partial charge is 0.229 e. The van der Waals surface area contributed by atoms with Crippen molar-refractivity contribution in [1.29, 1.82) is 0 Å². The molecule has 0 saturated carbocycles. The number of hydrogen-bond donors (Lipinski definition) is 1. The summed E-state index contributed by atoms with van der Waals surface area (Å²) in [5.41, 5.74) is 1.73. The summed E-state index contributed by atoms with van der Waals surface area (Å²) in [5, 5.41) is 1.71. The molecule has 2 heterocycles. The van der Waals surface area contributed by atoms with E-state index in [-0.39, 0.29) is 22.9 Å². The summed E-state index contributed by atoms with van der Waals surface area (Å²) in [6.45, 7) is 5.16. The molecule has 0 unspecified atom stereocenters. The molecule has 0 radical (unpaired) electrons. The highest BCUT2D eigenvalue weighted by molar-refractivity contribution is 7.92. The number of nitrogens with one attached hydrogen (secondary N) is 1. The van der Waals surface area contributed by atoms with Gasteiger partial charge < -0.3 is 4.42 Å². The fourth-order valence-corrected chi connectivity index (χ4v) is 4.74. The highest BCUT2D eigenvalue weighted by Crippen LogP contribution is 2.42. The van der Waals surface area contributed by atoms with Gasteiger partial charge in [-0.25, -0.2) is 13.4 Å². The number of carbonyl (C=O) groups excluding carboxylic acids is 1. The first-order valence-electron chi connectivity index (χ1n) is 10.5. The molecule has 6 nitrogen and oxygen atoms in total. The minimum Gasteiger partial charge on any atom is -0.432 e. The number of pyridine rings is 1. The summed E-state index contributed by atoms with van der Waals surface area (Å²) in [7, 11) is -3.74. The van der Waals surface area contributed by atoms with E-state index in [1.54, 1.807) is 57.2 Å². The van der Waals surface area contributed by atoms with Crippen LogP contribution in [0.1, 0.15) is 31.3 Å². The topological polar surface area (TPSA) is 89.3 Å². The minimum absolute atomic E-state index is 0.0406. The van der Waals surface area contributed by atoms with E-state index in [4.69, 9.17) is 44.2 Å². The van der Waals surface area contributed by atoms with Crippen LogP contribution in [0.4, 0.5) is 5.69 Å². The van der Waals surface area contributed by atoms with Gasteiger partial charge >= 0.3 is 0 Å². The lowest BCUT2D eigenvalue weighted by Crippen LogP contribution is -2.21. The third-order valence-electron chi connectivity index (χ3n) is 5.20. The van der Waals surface area contributed by atoms with E-state index in [1.165, 1.54) is 0 Å². The van der Waals surface area contributed by atoms with Gasteiger partial charge in [0.05, 0.1) is 22.4 Å². The molecule has 0 saturated heterocycles. The zero-order valence-electron chi connectivity index (χ0n) is 19.2. The van der Waals surface area contributed by atoms with Gasteiger partial charge in [0.2, 0.25) is 21.5 Å². The first kappa shape index (κ1) is 25.5. The molecule has 4 rings (SSSR count). The number of nitrogens with zero attached hydrogens (tertiary/aromatic N) is 1. The number of anilines is 1. The molecule has 0 aliphatic rings.